The van der Waals surface area contributed by atoms with E-state index in [4.69, 9.17) is 21.4 Å². The van der Waals surface area contributed by atoms with Gasteiger partial charge in [-0.3, -0.25) is 4.90 Å². The monoisotopic (exact) mass is 381 g/mol. The number of aromatic nitrogens is 2. The summed E-state index contributed by atoms with van der Waals surface area (Å²) in [5.74, 6) is 1.10. The highest BCUT2D eigenvalue weighted by Crippen LogP contribution is 2.23. The second-order valence-corrected chi connectivity index (χ2v) is 8.01. The first-order valence-electron chi connectivity index (χ1n) is 7.61. The number of aryl methyl sites for hydroxylation is 1. The van der Waals surface area contributed by atoms with Crippen molar-refractivity contribution in [3.8, 4) is 6.07 Å². The van der Waals surface area contributed by atoms with Gasteiger partial charge in [-0.2, -0.15) is 14.6 Å². The Kier molecular flexibility index (Phi) is 5.06. The zero-order valence-electron chi connectivity index (χ0n) is 13.5. The Morgan fingerprint density at radius 2 is 2.04 bits per heavy atom. The number of sulfonamides is 1. The highest BCUT2D eigenvalue weighted by atomic mass is 35.5. The third-order valence-electron chi connectivity index (χ3n) is 3.96. The normalized spacial score (nSPS) is 16.7. The lowest BCUT2D eigenvalue weighted by molar-refractivity contribution is 0.176. The molecule has 0 spiro atoms. The molecule has 3 rings (SSSR count). The van der Waals surface area contributed by atoms with Crippen molar-refractivity contribution in [3.05, 3.63) is 40.5 Å². The molecule has 2 aromatic rings. The average Bonchev–Trinajstić information content (AvgIpc) is 3.00. The van der Waals surface area contributed by atoms with Crippen molar-refractivity contribution < 1.29 is 12.9 Å². The van der Waals surface area contributed by atoms with Crippen molar-refractivity contribution in [2.24, 2.45) is 0 Å². The van der Waals surface area contributed by atoms with Crippen LogP contribution >= 0.6 is 11.6 Å². The molecule has 132 valence electrons. The first-order chi connectivity index (χ1) is 11.9. The SMILES string of the molecule is Cc1nc(CN2CCN(S(=O)(=O)c3ccc(C#N)c(Cl)c3)CC2)no1. The molecule has 1 aromatic heterocycles. The van der Waals surface area contributed by atoms with E-state index in [1.54, 1.807) is 6.92 Å². The fourth-order valence-electron chi connectivity index (χ4n) is 2.63. The van der Waals surface area contributed by atoms with Crippen LogP contribution in [0, 0.1) is 18.3 Å². The van der Waals surface area contributed by atoms with Crippen LogP contribution in [0.4, 0.5) is 0 Å². The smallest absolute Gasteiger partial charge is 0.243 e. The van der Waals surface area contributed by atoms with Crippen LogP contribution in [0.5, 0.6) is 0 Å². The van der Waals surface area contributed by atoms with Crippen LogP contribution in [0.1, 0.15) is 17.3 Å². The van der Waals surface area contributed by atoms with Gasteiger partial charge in [0, 0.05) is 33.1 Å². The molecule has 0 unspecified atom stereocenters. The lowest BCUT2D eigenvalue weighted by Crippen LogP contribution is -2.48. The number of nitrogens with zero attached hydrogens (tertiary/aromatic N) is 5. The Morgan fingerprint density at radius 3 is 2.60 bits per heavy atom. The Balaban J connectivity index is 1.67. The van der Waals surface area contributed by atoms with E-state index >= 15 is 0 Å². The molecule has 0 atom stereocenters. The van der Waals surface area contributed by atoms with Gasteiger partial charge in [0.2, 0.25) is 15.9 Å². The number of hydrogen-bond acceptors (Lipinski definition) is 7. The van der Waals surface area contributed by atoms with Gasteiger partial charge in [-0.1, -0.05) is 16.8 Å². The third kappa shape index (κ3) is 3.82. The summed E-state index contributed by atoms with van der Waals surface area (Å²) in [5.41, 5.74) is 0.251. The molecule has 0 N–H and O–H groups in total. The molecule has 1 fully saturated rings. The van der Waals surface area contributed by atoms with E-state index in [2.05, 4.69) is 15.0 Å². The third-order valence-corrected chi connectivity index (χ3v) is 6.17. The van der Waals surface area contributed by atoms with Gasteiger partial charge in [-0.15, -0.1) is 0 Å². The maximum atomic E-state index is 12.7. The topological polar surface area (TPSA) is 103 Å². The van der Waals surface area contributed by atoms with E-state index in [9.17, 15) is 8.42 Å². The van der Waals surface area contributed by atoms with Gasteiger partial charge in [0.1, 0.15) is 6.07 Å². The van der Waals surface area contributed by atoms with E-state index < -0.39 is 10.0 Å². The predicted octanol–water partition coefficient (Wildman–Crippen LogP) is 1.41. The molecule has 0 radical (unpaired) electrons. The molecule has 0 bridgehead atoms. The number of hydrogen-bond donors (Lipinski definition) is 0. The summed E-state index contributed by atoms with van der Waals surface area (Å²) in [7, 11) is -3.64. The second kappa shape index (κ2) is 7.09. The van der Waals surface area contributed by atoms with Crippen LogP contribution in [0.25, 0.3) is 0 Å². The summed E-state index contributed by atoms with van der Waals surface area (Å²) in [4.78, 5) is 6.32. The largest absolute Gasteiger partial charge is 0.340 e. The van der Waals surface area contributed by atoms with Gasteiger partial charge in [0.05, 0.1) is 22.0 Å². The lowest BCUT2D eigenvalue weighted by atomic mass is 10.2. The molecule has 8 nitrogen and oxygen atoms in total. The van der Waals surface area contributed by atoms with Crippen molar-refractivity contribution in [2.45, 2.75) is 18.4 Å². The fraction of sp³-hybridized carbons (Fsp3) is 0.400. The highest BCUT2D eigenvalue weighted by Gasteiger charge is 2.29. The quantitative estimate of drug-likeness (QED) is 0.788. The minimum Gasteiger partial charge on any atom is -0.340 e. The molecular weight excluding hydrogens is 366 g/mol. The summed E-state index contributed by atoms with van der Waals surface area (Å²) < 4.78 is 31.8. The number of rotatable bonds is 4. The zero-order valence-corrected chi connectivity index (χ0v) is 15.1. The Hall–Kier alpha value is -1.99. The summed E-state index contributed by atoms with van der Waals surface area (Å²) in [6.07, 6.45) is 0. The molecule has 1 saturated heterocycles. The van der Waals surface area contributed by atoms with E-state index in [1.807, 2.05) is 6.07 Å². The highest BCUT2D eigenvalue weighted by molar-refractivity contribution is 7.89. The average molecular weight is 382 g/mol. The summed E-state index contributed by atoms with van der Waals surface area (Å²) >= 11 is 5.95. The molecule has 0 aliphatic carbocycles. The van der Waals surface area contributed by atoms with Crippen LogP contribution in [0.3, 0.4) is 0 Å². The summed E-state index contributed by atoms with van der Waals surface area (Å²) in [6, 6.07) is 6.07. The van der Waals surface area contributed by atoms with Crippen LogP contribution in [0.2, 0.25) is 5.02 Å². The predicted molar refractivity (Wildman–Crippen MR) is 89.2 cm³/mol. The molecule has 1 aromatic carbocycles. The molecule has 2 heterocycles. The number of nitriles is 1. The maximum absolute atomic E-state index is 12.7. The Morgan fingerprint density at radius 1 is 1.32 bits per heavy atom. The number of halogens is 1. The standard InChI is InChI=1S/C15H16ClN5O3S/c1-11-18-15(19-24-11)10-20-4-6-21(7-5-20)25(22,23)13-3-2-12(9-17)14(16)8-13/h2-3,8H,4-7,10H2,1H3. The molecular formula is C15H16ClN5O3S. The molecule has 10 heteroatoms. The maximum Gasteiger partial charge on any atom is 0.243 e. The van der Waals surface area contributed by atoms with Crippen LogP contribution in [-0.4, -0.2) is 53.9 Å². The van der Waals surface area contributed by atoms with E-state index in [0.717, 1.165) is 0 Å². The van der Waals surface area contributed by atoms with Crippen LogP contribution in [0.15, 0.2) is 27.6 Å². The van der Waals surface area contributed by atoms with Gasteiger partial charge in [-0.05, 0) is 18.2 Å². The molecule has 1 aliphatic heterocycles. The van der Waals surface area contributed by atoms with Crippen molar-refractivity contribution >= 4 is 21.6 Å². The lowest BCUT2D eigenvalue weighted by Gasteiger charge is -2.33. The Labute approximate surface area is 150 Å². The van der Waals surface area contributed by atoms with Crippen molar-refractivity contribution in [2.75, 3.05) is 26.2 Å². The molecule has 0 saturated carbocycles. The van der Waals surface area contributed by atoms with E-state index in [-0.39, 0.29) is 15.5 Å². The van der Waals surface area contributed by atoms with Crippen LogP contribution in [-0.2, 0) is 16.6 Å². The van der Waals surface area contributed by atoms with E-state index in [0.29, 0.717) is 44.4 Å². The van der Waals surface area contributed by atoms with Gasteiger partial charge in [-0.25, -0.2) is 8.42 Å². The first-order valence-corrected chi connectivity index (χ1v) is 9.43. The molecule has 0 amide bonds. The Bertz CT molecular complexity index is 913. The van der Waals surface area contributed by atoms with E-state index in [1.165, 1.54) is 22.5 Å². The second-order valence-electron chi connectivity index (χ2n) is 5.66. The minimum absolute atomic E-state index is 0.0961. The first kappa shape index (κ1) is 17.8. The fourth-order valence-corrected chi connectivity index (χ4v) is 4.37. The van der Waals surface area contributed by atoms with Gasteiger partial charge < -0.3 is 4.52 Å². The summed E-state index contributed by atoms with van der Waals surface area (Å²) in [6.45, 7) is 4.10. The molecule has 25 heavy (non-hydrogen) atoms. The van der Waals surface area contributed by atoms with Gasteiger partial charge in [0.25, 0.3) is 0 Å². The summed E-state index contributed by atoms with van der Waals surface area (Å²) in [5, 5.41) is 12.9. The van der Waals surface area contributed by atoms with Gasteiger partial charge in [0.15, 0.2) is 5.82 Å². The van der Waals surface area contributed by atoms with Crippen molar-refractivity contribution in [1.29, 1.82) is 5.26 Å². The van der Waals surface area contributed by atoms with Gasteiger partial charge >= 0.3 is 0 Å². The minimum atomic E-state index is -3.64. The number of piperazine rings is 1. The zero-order chi connectivity index (χ0) is 18.0. The van der Waals surface area contributed by atoms with Crippen molar-refractivity contribution in [1.82, 2.24) is 19.3 Å². The van der Waals surface area contributed by atoms with Crippen LogP contribution < -0.4 is 0 Å². The van der Waals surface area contributed by atoms with Crippen molar-refractivity contribution in [3.63, 3.8) is 0 Å². The number of benzene rings is 1. The molecule has 1 aliphatic rings.